The van der Waals surface area contributed by atoms with Crippen molar-refractivity contribution in [1.29, 1.82) is 0 Å². The summed E-state index contributed by atoms with van der Waals surface area (Å²) in [6.45, 7) is 6.10. The topological polar surface area (TPSA) is 49.5 Å². The smallest absolute Gasteiger partial charge is 0.0582 e. The maximum absolute atomic E-state index is 8.77. The van der Waals surface area contributed by atoms with Crippen molar-refractivity contribution >= 4 is 0 Å². The highest BCUT2D eigenvalue weighted by molar-refractivity contribution is 4.70. The lowest BCUT2D eigenvalue weighted by molar-refractivity contribution is 0.184. The second-order valence-electron chi connectivity index (χ2n) is 4.61. The highest BCUT2D eigenvalue weighted by Gasteiger charge is 2.14. The van der Waals surface area contributed by atoms with Crippen LogP contribution in [-0.4, -0.2) is 42.3 Å². The Bertz CT molecular complexity index is 144. The minimum atomic E-state index is -0.0151. The second kappa shape index (κ2) is 6.38. The largest absolute Gasteiger partial charge is 0.395 e. The highest BCUT2D eigenvalue weighted by atomic mass is 16.3. The van der Waals surface area contributed by atoms with Crippen molar-refractivity contribution < 1.29 is 5.11 Å². The molecule has 0 aromatic heterocycles. The molecule has 0 aliphatic carbocycles. The van der Waals surface area contributed by atoms with Crippen molar-refractivity contribution in [3.8, 4) is 0 Å². The van der Waals surface area contributed by atoms with E-state index in [4.69, 9.17) is 10.8 Å². The van der Waals surface area contributed by atoms with E-state index < -0.39 is 0 Å². The Hall–Kier alpha value is -0.120. The molecule has 1 heterocycles. The normalized spacial score (nSPS) is 22.5. The lowest BCUT2D eigenvalue weighted by atomic mass is 9.99. The van der Waals surface area contributed by atoms with E-state index in [-0.39, 0.29) is 12.6 Å². The van der Waals surface area contributed by atoms with Crippen LogP contribution in [0.3, 0.4) is 0 Å². The third kappa shape index (κ3) is 4.40. The minimum absolute atomic E-state index is 0.0151. The van der Waals surface area contributed by atoms with Crippen molar-refractivity contribution in [2.45, 2.75) is 38.6 Å². The van der Waals surface area contributed by atoms with E-state index >= 15 is 0 Å². The number of rotatable bonds is 5. The van der Waals surface area contributed by atoms with E-state index in [2.05, 4.69) is 11.8 Å². The van der Waals surface area contributed by atoms with Gasteiger partial charge in [0.05, 0.1) is 6.61 Å². The molecule has 1 fully saturated rings. The Kier molecular flexibility index (Phi) is 5.45. The van der Waals surface area contributed by atoms with Crippen molar-refractivity contribution in [2.75, 3.05) is 26.2 Å². The van der Waals surface area contributed by atoms with Gasteiger partial charge in [-0.05, 0) is 51.2 Å². The van der Waals surface area contributed by atoms with Crippen molar-refractivity contribution in [1.82, 2.24) is 4.90 Å². The van der Waals surface area contributed by atoms with E-state index in [9.17, 15) is 0 Å². The Morgan fingerprint density at radius 2 is 2.07 bits per heavy atom. The number of nitrogens with two attached hydrogens (primary N) is 1. The first kappa shape index (κ1) is 12.0. The Morgan fingerprint density at radius 1 is 1.43 bits per heavy atom. The number of hydrogen-bond donors (Lipinski definition) is 2. The van der Waals surface area contributed by atoms with Crippen LogP contribution in [-0.2, 0) is 0 Å². The van der Waals surface area contributed by atoms with Gasteiger partial charge in [0.25, 0.3) is 0 Å². The molecule has 1 atom stereocenters. The number of likely N-dealkylation sites (tertiary alicyclic amines) is 1. The van der Waals surface area contributed by atoms with Crippen molar-refractivity contribution in [3.63, 3.8) is 0 Å². The van der Waals surface area contributed by atoms with Crippen LogP contribution in [0.4, 0.5) is 0 Å². The summed E-state index contributed by atoms with van der Waals surface area (Å²) in [7, 11) is 0. The fourth-order valence-electron chi connectivity index (χ4n) is 1.95. The molecule has 0 aromatic rings. The van der Waals surface area contributed by atoms with Gasteiger partial charge in [0, 0.05) is 6.04 Å². The van der Waals surface area contributed by atoms with Gasteiger partial charge in [-0.15, -0.1) is 0 Å². The third-order valence-corrected chi connectivity index (χ3v) is 3.16. The van der Waals surface area contributed by atoms with Gasteiger partial charge >= 0.3 is 0 Å². The summed E-state index contributed by atoms with van der Waals surface area (Å²) in [5.41, 5.74) is 5.64. The summed E-state index contributed by atoms with van der Waals surface area (Å²) >= 11 is 0. The predicted octanol–water partition coefficient (Wildman–Crippen LogP) is 0.818. The molecule has 3 N–H and O–H groups in total. The highest BCUT2D eigenvalue weighted by Crippen LogP contribution is 2.16. The first-order valence-electron chi connectivity index (χ1n) is 5.81. The number of aliphatic hydroxyl groups is 1. The maximum atomic E-state index is 8.77. The zero-order valence-electron chi connectivity index (χ0n) is 9.28. The lowest BCUT2D eigenvalue weighted by Crippen LogP contribution is -2.34. The average Bonchev–Trinajstić information content (AvgIpc) is 2.21. The van der Waals surface area contributed by atoms with Crippen molar-refractivity contribution in [2.24, 2.45) is 11.7 Å². The summed E-state index contributed by atoms with van der Waals surface area (Å²) in [4.78, 5) is 2.52. The summed E-state index contributed by atoms with van der Waals surface area (Å²) in [5, 5.41) is 8.77. The van der Waals surface area contributed by atoms with E-state index in [0.717, 1.165) is 25.3 Å². The molecule has 0 saturated carbocycles. The van der Waals surface area contributed by atoms with E-state index in [1.54, 1.807) is 0 Å². The van der Waals surface area contributed by atoms with E-state index in [1.807, 2.05) is 0 Å². The number of aliphatic hydroxyl groups excluding tert-OH is 1. The van der Waals surface area contributed by atoms with Gasteiger partial charge < -0.3 is 15.7 Å². The molecule has 3 heteroatoms. The summed E-state index contributed by atoms with van der Waals surface area (Å²) < 4.78 is 0. The quantitative estimate of drug-likeness (QED) is 0.691. The zero-order valence-corrected chi connectivity index (χ0v) is 9.28. The molecule has 0 radical (unpaired) electrons. The predicted molar refractivity (Wildman–Crippen MR) is 59.1 cm³/mol. The average molecular weight is 200 g/mol. The fraction of sp³-hybridized carbons (Fsp3) is 1.00. The molecule has 1 rings (SSSR count). The summed E-state index contributed by atoms with van der Waals surface area (Å²) in [5.74, 6) is 0.908. The SMILES string of the molecule is CC1CCN(CCCC(N)CO)CC1. The first-order valence-corrected chi connectivity index (χ1v) is 5.81. The van der Waals surface area contributed by atoms with Crippen LogP contribution in [0.2, 0.25) is 0 Å². The van der Waals surface area contributed by atoms with Crippen LogP contribution < -0.4 is 5.73 Å². The third-order valence-electron chi connectivity index (χ3n) is 3.16. The van der Waals surface area contributed by atoms with Gasteiger partial charge in [-0.3, -0.25) is 0 Å². The minimum Gasteiger partial charge on any atom is -0.395 e. The van der Waals surface area contributed by atoms with Gasteiger partial charge in [0.2, 0.25) is 0 Å². The number of hydrogen-bond acceptors (Lipinski definition) is 3. The zero-order chi connectivity index (χ0) is 10.4. The molecule has 1 unspecified atom stereocenters. The molecule has 1 aliphatic rings. The molecule has 3 nitrogen and oxygen atoms in total. The molecular weight excluding hydrogens is 176 g/mol. The number of piperidine rings is 1. The van der Waals surface area contributed by atoms with Gasteiger partial charge in [-0.25, -0.2) is 0 Å². The van der Waals surface area contributed by atoms with E-state index in [1.165, 1.54) is 25.9 Å². The lowest BCUT2D eigenvalue weighted by Gasteiger charge is -2.30. The van der Waals surface area contributed by atoms with Crippen LogP contribution in [0, 0.1) is 5.92 Å². The molecular formula is C11H24N2O. The molecule has 1 aliphatic heterocycles. The van der Waals surface area contributed by atoms with Crippen molar-refractivity contribution in [3.05, 3.63) is 0 Å². The fourth-order valence-corrected chi connectivity index (χ4v) is 1.95. The van der Waals surface area contributed by atoms with Crippen LogP contribution in [0.5, 0.6) is 0 Å². The Balaban J connectivity index is 2.02. The van der Waals surface area contributed by atoms with Gasteiger partial charge in [0.15, 0.2) is 0 Å². The number of nitrogens with zero attached hydrogens (tertiary/aromatic N) is 1. The summed E-state index contributed by atoms with van der Waals surface area (Å²) in [6, 6.07) is -0.0151. The molecule has 0 amide bonds. The monoisotopic (exact) mass is 200 g/mol. The summed E-state index contributed by atoms with van der Waals surface area (Å²) in [6.07, 6.45) is 4.75. The van der Waals surface area contributed by atoms with Crippen LogP contribution in [0.25, 0.3) is 0 Å². The first-order chi connectivity index (χ1) is 6.72. The second-order valence-corrected chi connectivity index (χ2v) is 4.61. The van der Waals surface area contributed by atoms with E-state index in [0.29, 0.717) is 0 Å². The van der Waals surface area contributed by atoms with Crippen LogP contribution in [0.15, 0.2) is 0 Å². The van der Waals surface area contributed by atoms with Gasteiger partial charge in [0.1, 0.15) is 0 Å². The molecule has 0 aromatic carbocycles. The van der Waals surface area contributed by atoms with Gasteiger partial charge in [-0.1, -0.05) is 6.92 Å². The standard InChI is InChI=1S/C11H24N2O/c1-10-4-7-13(8-5-10)6-2-3-11(12)9-14/h10-11,14H,2-9,12H2,1H3. The molecule has 14 heavy (non-hydrogen) atoms. The molecule has 84 valence electrons. The molecule has 0 bridgehead atoms. The maximum Gasteiger partial charge on any atom is 0.0582 e. The molecule has 0 spiro atoms. The Morgan fingerprint density at radius 3 is 2.64 bits per heavy atom. The van der Waals surface area contributed by atoms with Gasteiger partial charge in [-0.2, -0.15) is 0 Å². The van der Waals surface area contributed by atoms with Crippen LogP contribution in [0.1, 0.15) is 32.6 Å². The van der Waals surface area contributed by atoms with Crippen LogP contribution >= 0.6 is 0 Å². The molecule has 1 saturated heterocycles. The Labute approximate surface area is 87.3 Å².